The largest absolute Gasteiger partial charge is 0.365 e. The minimum Gasteiger partial charge on any atom is -0.365 e. The maximum Gasteiger partial charge on any atom is 0.140 e. The van der Waals surface area contributed by atoms with Crippen LogP contribution in [-0.4, -0.2) is 17.6 Å². The Morgan fingerprint density at radius 1 is 1.67 bits per heavy atom. The van der Waals surface area contributed by atoms with E-state index in [2.05, 4.69) is 33.2 Å². The highest BCUT2D eigenvalue weighted by atomic mass is 79.9. The summed E-state index contributed by atoms with van der Waals surface area (Å²) >= 11 is 9.21. The Morgan fingerprint density at radius 2 is 2.40 bits per heavy atom. The number of anilines is 1. The fraction of sp³-hybridized carbons (Fsp3) is 0.500. The molecule has 0 aromatic carbocycles. The standard InChI is InChI=1S/C10H15BrClN3/c1-2-3-8(5-13)15-10-9(11)4-7(12)6-14-10/h4,6,8H,2-3,5,13H2,1H3,(H,14,15). The first-order chi connectivity index (χ1) is 7.17. The third kappa shape index (κ3) is 3.97. The van der Waals surface area contributed by atoms with Crippen LogP contribution in [0.15, 0.2) is 16.7 Å². The normalized spacial score (nSPS) is 12.5. The van der Waals surface area contributed by atoms with E-state index in [-0.39, 0.29) is 6.04 Å². The van der Waals surface area contributed by atoms with Gasteiger partial charge in [-0.2, -0.15) is 0 Å². The fourth-order valence-corrected chi connectivity index (χ4v) is 2.06. The van der Waals surface area contributed by atoms with E-state index < -0.39 is 0 Å². The van der Waals surface area contributed by atoms with Gasteiger partial charge in [0.2, 0.25) is 0 Å². The van der Waals surface area contributed by atoms with E-state index in [9.17, 15) is 0 Å². The maximum absolute atomic E-state index is 5.80. The quantitative estimate of drug-likeness (QED) is 0.877. The maximum atomic E-state index is 5.80. The molecule has 15 heavy (non-hydrogen) atoms. The Bertz CT molecular complexity index is 320. The molecule has 3 nitrogen and oxygen atoms in total. The lowest BCUT2D eigenvalue weighted by molar-refractivity contribution is 0.645. The van der Waals surface area contributed by atoms with Crippen molar-refractivity contribution in [1.82, 2.24) is 4.98 Å². The van der Waals surface area contributed by atoms with Crippen LogP contribution in [0.5, 0.6) is 0 Å². The predicted molar refractivity (Wildman–Crippen MR) is 68.3 cm³/mol. The highest BCUT2D eigenvalue weighted by Gasteiger charge is 2.08. The Kier molecular flexibility index (Phi) is 5.36. The number of nitrogens with one attached hydrogen (secondary N) is 1. The van der Waals surface area contributed by atoms with Crippen LogP contribution < -0.4 is 11.1 Å². The lowest BCUT2D eigenvalue weighted by atomic mass is 10.1. The SMILES string of the molecule is CCCC(CN)Nc1ncc(Cl)cc1Br. The molecular formula is C10H15BrClN3. The van der Waals surface area contributed by atoms with Crippen molar-refractivity contribution in [2.24, 2.45) is 5.73 Å². The summed E-state index contributed by atoms with van der Waals surface area (Å²) in [5, 5.41) is 3.90. The van der Waals surface area contributed by atoms with Gasteiger partial charge in [0, 0.05) is 18.8 Å². The molecule has 0 aliphatic carbocycles. The molecule has 0 saturated carbocycles. The van der Waals surface area contributed by atoms with Crippen molar-refractivity contribution in [2.75, 3.05) is 11.9 Å². The van der Waals surface area contributed by atoms with Crippen LogP contribution in [0.4, 0.5) is 5.82 Å². The molecule has 0 amide bonds. The van der Waals surface area contributed by atoms with Gasteiger partial charge >= 0.3 is 0 Å². The highest BCUT2D eigenvalue weighted by Crippen LogP contribution is 2.23. The third-order valence-electron chi connectivity index (χ3n) is 2.07. The number of halogens is 2. The van der Waals surface area contributed by atoms with Gasteiger partial charge in [0.05, 0.1) is 9.50 Å². The molecule has 0 radical (unpaired) electrons. The smallest absolute Gasteiger partial charge is 0.140 e. The fourth-order valence-electron chi connectivity index (χ4n) is 1.31. The molecule has 1 rings (SSSR count). The average Bonchev–Trinajstić information content (AvgIpc) is 2.21. The molecule has 0 spiro atoms. The molecule has 84 valence electrons. The third-order valence-corrected chi connectivity index (χ3v) is 2.88. The Morgan fingerprint density at radius 3 is 2.93 bits per heavy atom. The Balaban J connectivity index is 2.70. The molecule has 0 bridgehead atoms. The number of hydrogen-bond acceptors (Lipinski definition) is 3. The predicted octanol–water partition coefficient (Wildman–Crippen LogP) is 3.04. The molecule has 0 aliphatic rings. The minimum atomic E-state index is 0.264. The molecule has 1 aromatic rings. The highest BCUT2D eigenvalue weighted by molar-refractivity contribution is 9.10. The summed E-state index contributed by atoms with van der Waals surface area (Å²) in [7, 11) is 0. The molecule has 1 aromatic heterocycles. The molecule has 0 fully saturated rings. The second kappa shape index (κ2) is 6.30. The van der Waals surface area contributed by atoms with Gasteiger partial charge in [0.25, 0.3) is 0 Å². The minimum absolute atomic E-state index is 0.264. The van der Waals surface area contributed by atoms with E-state index >= 15 is 0 Å². The molecule has 3 N–H and O–H groups in total. The number of nitrogens with zero attached hydrogens (tertiary/aromatic N) is 1. The average molecular weight is 293 g/mol. The van der Waals surface area contributed by atoms with E-state index in [1.807, 2.05) is 6.07 Å². The zero-order valence-corrected chi connectivity index (χ0v) is 11.0. The van der Waals surface area contributed by atoms with Gasteiger partial charge < -0.3 is 11.1 Å². The van der Waals surface area contributed by atoms with Crippen LogP contribution >= 0.6 is 27.5 Å². The summed E-state index contributed by atoms with van der Waals surface area (Å²) in [5.74, 6) is 0.795. The summed E-state index contributed by atoms with van der Waals surface area (Å²) in [4.78, 5) is 4.20. The summed E-state index contributed by atoms with van der Waals surface area (Å²) in [6.45, 7) is 2.74. The van der Waals surface area contributed by atoms with Gasteiger partial charge in [-0.1, -0.05) is 24.9 Å². The van der Waals surface area contributed by atoms with Crippen molar-refractivity contribution in [1.29, 1.82) is 0 Å². The van der Waals surface area contributed by atoms with Crippen LogP contribution in [0.2, 0.25) is 5.02 Å². The topological polar surface area (TPSA) is 50.9 Å². The zero-order valence-electron chi connectivity index (χ0n) is 8.63. The van der Waals surface area contributed by atoms with E-state index in [1.54, 1.807) is 6.20 Å². The van der Waals surface area contributed by atoms with E-state index in [0.717, 1.165) is 23.1 Å². The van der Waals surface area contributed by atoms with Crippen LogP contribution in [-0.2, 0) is 0 Å². The monoisotopic (exact) mass is 291 g/mol. The van der Waals surface area contributed by atoms with Crippen LogP contribution in [0, 0.1) is 0 Å². The van der Waals surface area contributed by atoms with Crippen LogP contribution in [0.1, 0.15) is 19.8 Å². The second-order valence-corrected chi connectivity index (χ2v) is 4.64. The van der Waals surface area contributed by atoms with Gasteiger partial charge in [-0.25, -0.2) is 4.98 Å². The Labute approximate surface area is 104 Å². The molecule has 5 heteroatoms. The first kappa shape index (κ1) is 12.7. The number of aromatic nitrogens is 1. The lowest BCUT2D eigenvalue weighted by Crippen LogP contribution is -2.29. The number of nitrogens with two attached hydrogens (primary N) is 1. The first-order valence-electron chi connectivity index (χ1n) is 4.95. The van der Waals surface area contributed by atoms with Crippen molar-refractivity contribution in [3.05, 3.63) is 21.8 Å². The number of pyridine rings is 1. The molecule has 1 atom stereocenters. The first-order valence-corrected chi connectivity index (χ1v) is 6.12. The number of rotatable bonds is 5. The van der Waals surface area contributed by atoms with Crippen molar-refractivity contribution in [3.8, 4) is 0 Å². The van der Waals surface area contributed by atoms with Gasteiger partial charge in [0.15, 0.2) is 0 Å². The molecule has 0 aliphatic heterocycles. The van der Waals surface area contributed by atoms with Crippen molar-refractivity contribution in [3.63, 3.8) is 0 Å². The van der Waals surface area contributed by atoms with Crippen LogP contribution in [0.25, 0.3) is 0 Å². The molecular weight excluding hydrogens is 277 g/mol. The molecule has 0 saturated heterocycles. The van der Waals surface area contributed by atoms with Gasteiger partial charge in [-0.3, -0.25) is 0 Å². The van der Waals surface area contributed by atoms with Gasteiger partial charge in [-0.15, -0.1) is 0 Å². The summed E-state index contributed by atoms with van der Waals surface area (Å²) in [6, 6.07) is 2.08. The molecule has 1 unspecified atom stereocenters. The summed E-state index contributed by atoms with van der Waals surface area (Å²) in [5.41, 5.74) is 5.66. The summed E-state index contributed by atoms with van der Waals surface area (Å²) < 4.78 is 0.865. The van der Waals surface area contributed by atoms with Crippen molar-refractivity contribution >= 4 is 33.3 Å². The lowest BCUT2D eigenvalue weighted by Gasteiger charge is -2.17. The van der Waals surface area contributed by atoms with Crippen molar-refractivity contribution in [2.45, 2.75) is 25.8 Å². The van der Waals surface area contributed by atoms with Gasteiger partial charge in [0.1, 0.15) is 5.82 Å². The number of hydrogen-bond donors (Lipinski definition) is 2. The van der Waals surface area contributed by atoms with E-state index in [4.69, 9.17) is 17.3 Å². The second-order valence-electron chi connectivity index (χ2n) is 3.35. The van der Waals surface area contributed by atoms with E-state index in [0.29, 0.717) is 11.6 Å². The van der Waals surface area contributed by atoms with E-state index in [1.165, 1.54) is 0 Å². The molecule has 1 heterocycles. The van der Waals surface area contributed by atoms with Gasteiger partial charge in [-0.05, 0) is 28.4 Å². The van der Waals surface area contributed by atoms with Crippen LogP contribution in [0.3, 0.4) is 0 Å². The van der Waals surface area contributed by atoms with Crippen molar-refractivity contribution < 1.29 is 0 Å². The Hall–Kier alpha value is -0.320. The zero-order chi connectivity index (χ0) is 11.3. The summed E-state index contributed by atoms with van der Waals surface area (Å²) in [6.07, 6.45) is 3.75.